The number of hydrogen-bond acceptors (Lipinski definition) is 2. The van der Waals surface area contributed by atoms with Crippen LogP contribution in [0, 0.1) is 0 Å². The highest BCUT2D eigenvalue weighted by molar-refractivity contribution is 4.76. The van der Waals surface area contributed by atoms with E-state index in [-0.39, 0.29) is 18.9 Å². The quantitative estimate of drug-likeness (QED) is 0.702. The van der Waals surface area contributed by atoms with Crippen LogP contribution in [0.5, 0.6) is 0 Å². The SMILES string of the molecule is CCC(C)OCN1CCC(F)(F)CC1. The fourth-order valence-corrected chi connectivity index (χ4v) is 1.36. The van der Waals surface area contributed by atoms with Crippen molar-refractivity contribution in [3.8, 4) is 0 Å². The Hall–Kier alpha value is -0.220. The molecule has 2 nitrogen and oxygen atoms in total. The Kier molecular flexibility index (Phi) is 4.26. The molecule has 0 spiro atoms. The first kappa shape index (κ1) is 11.9. The molecule has 0 bridgehead atoms. The molecule has 84 valence electrons. The second kappa shape index (κ2) is 5.03. The molecule has 1 fully saturated rings. The van der Waals surface area contributed by atoms with Crippen LogP contribution < -0.4 is 0 Å². The summed E-state index contributed by atoms with van der Waals surface area (Å²) in [7, 11) is 0. The lowest BCUT2D eigenvalue weighted by molar-refractivity contribution is -0.0890. The minimum absolute atomic E-state index is 0.0309. The molecule has 1 aliphatic heterocycles. The van der Waals surface area contributed by atoms with Crippen molar-refractivity contribution in [3.05, 3.63) is 0 Å². The van der Waals surface area contributed by atoms with Gasteiger partial charge in [0, 0.05) is 25.9 Å². The van der Waals surface area contributed by atoms with Gasteiger partial charge in [0.05, 0.1) is 12.8 Å². The monoisotopic (exact) mass is 207 g/mol. The normalized spacial score (nSPS) is 24.9. The van der Waals surface area contributed by atoms with Gasteiger partial charge in [-0.15, -0.1) is 0 Å². The lowest BCUT2D eigenvalue weighted by Gasteiger charge is -2.31. The number of alkyl halides is 2. The molecule has 0 aromatic carbocycles. The molecule has 0 radical (unpaired) electrons. The summed E-state index contributed by atoms with van der Waals surface area (Å²) in [5.74, 6) is -2.45. The van der Waals surface area contributed by atoms with Gasteiger partial charge in [-0.1, -0.05) is 6.92 Å². The van der Waals surface area contributed by atoms with Gasteiger partial charge in [-0.3, -0.25) is 4.90 Å². The van der Waals surface area contributed by atoms with Gasteiger partial charge in [-0.05, 0) is 13.3 Å². The first-order valence-corrected chi connectivity index (χ1v) is 5.25. The van der Waals surface area contributed by atoms with Crippen molar-refractivity contribution in [2.75, 3.05) is 19.8 Å². The van der Waals surface area contributed by atoms with E-state index in [9.17, 15) is 8.78 Å². The van der Waals surface area contributed by atoms with Gasteiger partial charge in [0.1, 0.15) is 0 Å². The summed E-state index contributed by atoms with van der Waals surface area (Å²) in [6, 6.07) is 0. The van der Waals surface area contributed by atoms with E-state index in [1.165, 1.54) is 0 Å². The Labute approximate surface area is 84.2 Å². The second-order valence-corrected chi connectivity index (χ2v) is 3.99. The Morgan fingerprint density at radius 1 is 1.36 bits per heavy atom. The fourth-order valence-electron chi connectivity index (χ4n) is 1.36. The zero-order valence-corrected chi connectivity index (χ0v) is 8.93. The van der Waals surface area contributed by atoms with Gasteiger partial charge in [-0.25, -0.2) is 8.78 Å². The van der Waals surface area contributed by atoms with E-state index in [0.29, 0.717) is 19.8 Å². The highest BCUT2D eigenvalue weighted by Gasteiger charge is 2.33. The average molecular weight is 207 g/mol. The van der Waals surface area contributed by atoms with Crippen molar-refractivity contribution in [1.82, 2.24) is 4.90 Å². The highest BCUT2D eigenvalue weighted by atomic mass is 19.3. The van der Waals surface area contributed by atoms with Crippen molar-refractivity contribution in [2.24, 2.45) is 0 Å². The smallest absolute Gasteiger partial charge is 0.250 e. The molecule has 1 aliphatic rings. The number of halogens is 2. The third-order valence-electron chi connectivity index (χ3n) is 2.70. The second-order valence-electron chi connectivity index (χ2n) is 3.99. The minimum Gasteiger partial charge on any atom is -0.363 e. The molecule has 0 aromatic heterocycles. The lowest BCUT2D eigenvalue weighted by atomic mass is 10.1. The topological polar surface area (TPSA) is 12.5 Å². The van der Waals surface area contributed by atoms with E-state index in [4.69, 9.17) is 4.74 Å². The van der Waals surface area contributed by atoms with Crippen LogP contribution in [0.1, 0.15) is 33.1 Å². The first-order valence-electron chi connectivity index (χ1n) is 5.25. The lowest BCUT2D eigenvalue weighted by Crippen LogP contribution is -2.40. The summed E-state index contributed by atoms with van der Waals surface area (Å²) in [4.78, 5) is 1.95. The van der Waals surface area contributed by atoms with Gasteiger partial charge < -0.3 is 4.74 Å². The number of likely N-dealkylation sites (tertiary alicyclic amines) is 1. The van der Waals surface area contributed by atoms with Crippen molar-refractivity contribution in [1.29, 1.82) is 0 Å². The van der Waals surface area contributed by atoms with Crippen LogP contribution in [-0.2, 0) is 4.74 Å². The molecule has 4 heteroatoms. The largest absolute Gasteiger partial charge is 0.363 e. The van der Waals surface area contributed by atoms with Crippen LogP contribution in [0.25, 0.3) is 0 Å². The van der Waals surface area contributed by atoms with Crippen LogP contribution >= 0.6 is 0 Å². The Morgan fingerprint density at radius 2 is 1.93 bits per heavy atom. The van der Waals surface area contributed by atoms with E-state index in [2.05, 4.69) is 6.92 Å². The molecule has 0 aliphatic carbocycles. The van der Waals surface area contributed by atoms with E-state index >= 15 is 0 Å². The van der Waals surface area contributed by atoms with E-state index in [1.807, 2.05) is 11.8 Å². The maximum atomic E-state index is 12.8. The number of nitrogens with zero attached hydrogens (tertiary/aromatic N) is 1. The summed E-state index contributed by atoms with van der Waals surface area (Å²) in [6.07, 6.45) is 1.12. The highest BCUT2D eigenvalue weighted by Crippen LogP contribution is 2.27. The summed E-state index contributed by atoms with van der Waals surface area (Å²) < 4.78 is 31.0. The Bertz CT molecular complexity index is 166. The molecular weight excluding hydrogens is 188 g/mol. The zero-order chi connectivity index (χ0) is 10.6. The molecule has 1 saturated heterocycles. The summed E-state index contributed by atoms with van der Waals surface area (Å²) in [6.45, 7) is 5.44. The van der Waals surface area contributed by atoms with Crippen LogP contribution in [0.2, 0.25) is 0 Å². The summed E-state index contributed by atoms with van der Waals surface area (Å²) >= 11 is 0. The Balaban J connectivity index is 2.16. The van der Waals surface area contributed by atoms with Crippen LogP contribution in [0.4, 0.5) is 8.78 Å². The summed E-state index contributed by atoms with van der Waals surface area (Å²) in [5.41, 5.74) is 0. The van der Waals surface area contributed by atoms with Gasteiger partial charge >= 0.3 is 0 Å². The predicted octanol–water partition coefficient (Wildman–Crippen LogP) is 2.49. The van der Waals surface area contributed by atoms with Gasteiger partial charge in [0.25, 0.3) is 5.92 Å². The molecule has 0 aromatic rings. The molecule has 1 heterocycles. The van der Waals surface area contributed by atoms with Crippen LogP contribution in [0.3, 0.4) is 0 Å². The van der Waals surface area contributed by atoms with E-state index < -0.39 is 5.92 Å². The third kappa shape index (κ3) is 3.88. The van der Waals surface area contributed by atoms with E-state index in [0.717, 1.165) is 6.42 Å². The van der Waals surface area contributed by atoms with E-state index in [1.54, 1.807) is 0 Å². The van der Waals surface area contributed by atoms with Crippen molar-refractivity contribution < 1.29 is 13.5 Å². The molecule has 0 saturated carbocycles. The predicted molar refractivity (Wildman–Crippen MR) is 51.5 cm³/mol. The molecule has 1 unspecified atom stereocenters. The van der Waals surface area contributed by atoms with Gasteiger partial charge in [0.2, 0.25) is 0 Å². The number of piperidine rings is 1. The standard InChI is InChI=1S/C10H19F2NO/c1-3-9(2)14-8-13-6-4-10(11,12)5-7-13/h9H,3-8H2,1-2H3. The molecule has 0 amide bonds. The fraction of sp³-hybridized carbons (Fsp3) is 1.00. The molecule has 1 atom stereocenters. The first-order chi connectivity index (χ1) is 6.53. The maximum Gasteiger partial charge on any atom is 0.250 e. The third-order valence-corrected chi connectivity index (χ3v) is 2.70. The van der Waals surface area contributed by atoms with Crippen LogP contribution in [0.15, 0.2) is 0 Å². The van der Waals surface area contributed by atoms with Gasteiger partial charge in [-0.2, -0.15) is 0 Å². The minimum atomic E-state index is -2.45. The van der Waals surface area contributed by atoms with Crippen LogP contribution in [-0.4, -0.2) is 36.7 Å². The number of hydrogen-bond donors (Lipinski definition) is 0. The van der Waals surface area contributed by atoms with Gasteiger partial charge in [0.15, 0.2) is 0 Å². The molecule has 14 heavy (non-hydrogen) atoms. The number of ether oxygens (including phenoxy) is 1. The molecule has 1 rings (SSSR count). The molecule has 0 N–H and O–H groups in total. The maximum absolute atomic E-state index is 12.8. The van der Waals surface area contributed by atoms with Crippen molar-refractivity contribution in [2.45, 2.75) is 45.1 Å². The molecular formula is C10H19F2NO. The van der Waals surface area contributed by atoms with Crippen molar-refractivity contribution in [3.63, 3.8) is 0 Å². The van der Waals surface area contributed by atoms with Crippen molar-refractivity contribution >= 4 is 0 Å². The Morgan fingerprint density at radius 3 is 2.43 bits per heavy atom. The summed E-state index contributed by atoms with van der Waals surface area (Å²) in [5, 5.41) is 0. The number of rotatable bonds is 4. The average Bonchev–Trinajstić information content (AvgIpc) is 2.16. The zero-order valence-electron chi connectivity index (χ0n) is 8.93.